The molecule has 0 radical (unpaired) electrons. The number of rotatable bonds is 7. The molecule has 8 heteroatoms. The van der Waals surface area contributed by atoms with Gasteiger partial charge < -0.3 is 23.5 Å². The van der Waals surface area contributed by atoms with Gasteiger partial charge >= 0.3 is 5.97 Å². The van der Waals surface area contributed by atoms with Crippen LogP contribution in [0.25, 0.3) is 11.5 Å². The third-order valence-corrected chi connectivity index (χ3v) is 3.75. The summed E-state index contributed by atoms with van der Waals surface area (Å²) in [7, 11) is 4.40. The summed E-state index contributed by atoms with van der Waals surface area (Å²) in [6.45, 7) is 0.0770. The van der Waals surface area contributed by atoms with Crippen LogP contribution in [0.5, 0.6) is 17.2 Å². The quantitative estimate of drug-likeness (QED) is 0.586. The molecule has 0 N–H and O–H groups in total. The Kier molecular flexibility index (Phi) is 5.55. The van der Waals surface area contributed by atoms with Crippen molar-refractivity contribution in [2.45, 2.75) is 6.61 Å². The maximum atomic E-state index is 11.6. The van der Waals surface area contributed by atoms with Crippen LogP contribution in [-0.4, -0.2) is 37.4 Å². The smallest absolute Gasteiger partial charge is 0.337 e. The van der Waals surface area contributed by atoms with E-state index in [0.29, 0.717) is 28.8 Å². The number of nitrogens with zero attached hydrogens (tertiary/aromatic N) is 2. The SMILES string of the molecule is COC(=O)c1ccc(OCc2noc(-c3ccc(OC)cc3)n2)c(OC)c1. The topological polar surface area (TPSA) is 92.9 Å². The Labute approximate surface area is 155 Å². The van der Waals surface area contributed by atoms with Crippen LogP contribution < -0.4 is 14.2 Å². The highest BCUT2D eigenvalue weighted by molar-refractivity contribution is 5.90. The highest BCUT2D eigenvalue weighted by Gasteiger charge is 2.14. The zero-order valence-electron chi connectivity index (χ0n) is 15.1. The molecule has 0 aliphatic carbocycles. The third-order valence-electron chi connectivity index (χ3n) is 3.75. The third kappa shape index (κ3) is 4.17. The van der Waals surface area contributed by atoms with Crippen molar-refractivity contribution in [2.75, 3.05) is 21.3 Å². The summed E-state index contributed by atoms with van der Waals surface area (Å²) in [6.07, 6.45) is 0. The van der Waals surface area contributed by atoms with Crippen molar-refractivity contribution in [3.05, 3.63) is 53.9 Å². The lowest BCUT2D eigenvalue weighted by atomic mass is 10.2. The molecule has 1 aromatic heterocycles. The molecule has 0 bridgehead atoms. The van der Waals surface area contributed by atoms with Crippen molar-refractivity contribution in [2.24, 2.45) is 0 Å². The molecule has 3 aromatic rings. The molecule has 2 aromatic carbocycles. The van der Waals surface area contributed by atoms with Crippen molar-refractivity contribution in [1.29, 1.82) is 0 Å². The molecule has 1 heterocycles. The van der Waals surface area contributed by atoms with Crippen molar-refractivity contribution < 1.29 is 28.3 Å². The number of methoxy groups -OCH3 is 3. The monoisotopic (exact) mass is 370 g/mol. The highest BCUT2D eigenvalue weighted by Crippen LogP contribution is 2.29. The molecular formula is C19H18N2O6. The molecule has 0 atom stereocenters. The minimum absolute atomic E-state index is 0.0770. The normalized spacial score (nSPS) is 10.3. The second-order valence-electron chi connectivity index (χ2n) is 5.39. The van der Waals surface area contributed by atoms with Gasteiger partial charge in [0.1, 0.15) is 5.75 Å². The first-order chi connectivity index (χ1) is 13.1. The lowest BCUT2D eigenvalue weighted by Gasteiger charge is -2.10. The Morgan fingerprint density at radius 1 is 1.00 bits per heavy atom. The number of hydrogen-bond donors (Lipinski definition) is 0. The summed E-state index contributed by atoms with van der Waals surface area (Å²) in [4.78, 5) is 15.9. The second-order valence-corrected chi connectivity index (χ2v) is 5.39. The minimum atomic E-state index is -0.456. The van der Waals surface area contributed by atoms with Crippen LogP contribution in [0.15, 0.2) is 47.0 Å². The maximum absolute atomic E-state index is 11.6. The maximum Gasteiger partial charge on any atom is 0.337 e. The van der Waals surface area contributed by atoms with E-state index >= 15 is 0 Å². The molecule has 0 unspecified atom stereocenters. The van der Waals surface area contributed by atoms with Gasteiger partial charge in [0.2, 0.25) is 5.82 Å². The molecule has 0 saturated carbocycles. The van der Waals surface area contributed by atoms with E-state index in [1.807, 2.05) is 24.3 Å². The molecule has 0 fully saturated rings. The molecule has 3 rings (SSSR count). The Morgan fingerprint density at radius 3 is 2.44 bits per heavy atom. The van der Waals surface area contributed by atoms with Gasteiger partial charge in [0.05, 0.1) is 26.9 Å². The fourth-order valence-corrected chi connectivity index (χ4v) is 2.34. The molecule has 0 aliphatic heterocycles. The zero-order valence-corrected chi connectivity index (χ0v) is 15.1. The standard InChI is InChI=1S/C19H18N2O6/c1-23-14-7-4-12(5-8-14)18-20-17(21-27-18)11-26-15-9-6-13(19(22)25-3)10-16(15)24-2/h4-10H,11H2,1-3H3. The molecule has 0 saturated heterocycles. The Morgan fingerprint density at radius 2 is 1.78 bits per heavy atom. The van der Waals surface area contributed by atoms with E-state index in [1.165, 1.54) is 14.2 Å². The van der Waals surface area contributed by atoms with Crippen LogP contribution >= 0.6 is 0 Å². The summed E-state index contributed by atoms with van der Waals surface area (Å²) in [5.41, 5.74) is 1.14. The molecule has 8 nitrogen and oxygen atoms in total. The summed E-state index contributed by atoms with van der Waals surface area (Å²) >= 11 is 0. The van der Waals surface area contributed by atoms with E-state index in [0.717, 1.165) is 11.3 Å². The van der Waals surface area contributed by atoms with Crippen molar-refractivity contribution in [3.8, 4) is 28.7 Å². The summed E-state index contributed by atoms with van der Waals surface area (Å²) in [6, 6.07) is 12.0. The van der Waals surface area contributed by atoms with Crippen LogP contribution in [0.4, 0.5) is 0 Å². The summed E-state index contributed by atoms with van der Waals surface area (Å²) in [5.74, 6) is 1.88. The lowest BCUT2D eigenvalue weighted by Crippen LogP contribution is -2.03. The predicted molar refractivity (Wildman–Crippen MR) is 95.0 cm³/mol. The minimum Gasteiger partial charge on any atom is -0.497 e. The molecule has 140 valence electrons. The van der Waals surface area contributed by atoms with E-state index in [4.69, 9.17) is 18.7 Å². The number of carbonyl (C=O) groups is 1. The summed E-state index contributed by atoms with van der Waals surface area (Å²) < 4.78 is 26.0. The van der Waals surface area contributed by atoms with Crippen molar-refractivity contribution in [1.82, 2.24) is 10.1 Å². The van der Waals surface area contributed by atoms with Crippen molar-refractivity contribution in [3.63, 3.8) is 0 Å². The number of benzene rings is 2. The van der Waals surface area contributed by atoms with Crippen LogP contribution in [0.1, 0.15) is 16.2 Å². The van der Waals surface area contributed by atoms with E-state index < -0.39 is 5.97 Å². The van der Waals surface area contributed by atoms with Gasteiger partial charge in [0.15, 0.2) is 18.1 Å². The first kappa shape index (κ1) is 18.2. The van der Waals surface area contributed by atoms with E-state index in [1.54, 1.807) is 25.3 Å². The second kappa shape index (κ2) is 8.22. The van der Waals surface area contributed by atoms with Gasteiger partial charge in [-0.3, -0.25) is 0 Å². The van der Waals surface area contributed by atoms with E-state index in [-0.39, 0.29) is 6.61 Å². The average Bonchev–Trinajstić information content (AvgIpc) is 3.20. The number of esters is 1. The van der Waals surface area contributed by atoms with Gasteiger partial charge in [0.25, 0.3) is 5.89 Å². The van der Waals surface area contributed by atoms with Gasteiger partial charge in [-0.1, -0.05) is 5.16 Å². The van der Waals surface area contributed by atoms with Crippen LogP contribution in [0.2, 0.25) is 0 Å². The van der Waals surface area contributed by atoms with Gasteiger partial charge in [-0.05, 0) is 42.5 Å². The van der Waals surface area contributed by atoms with Gasteiger partial charge in [0, 0.05) is 5.56 Å². The van der Waals surface area contributed by atoms with E-state index in [9.17, 15) is 4.79 Å². The molecular weight excluding hydrogens is 352 g/mol. The van der Waals surface area contributed by atoms with E-state index in [2.05, 4.69) is 14.9 Å². The fourth-order valence-electron chi connectivity index (χ4n) is 2.34. The first-order valence-corrected chi connectivity index (χ1v) is 8.00. The first-order valence-electron chi connectivity index (χ1n) is 8.00. The Balaban J connectivity index is 1.70. The molecule has 0 amide bonds. The molecule has 0 aliphatic rings. The van der Waals surface area contributed by atoms with Gasteiger partial charge in [-0.15, -0.1) is 0 Å². The summed E-state index contributed by atoms with van der Waals surface area (Å²) in [5, 5.41) is 3.91. The predicted octanol–water partition coefficient (Wildman–Crippen LogP) is 3.12. The Hall–Kier alpha value is -3.55. The highest BCUT2D eigenvalue weighted by atomic mass is 16.5. The number of aromatic nitrogens is 2. The largest absolute Gasteiger partial charge is 0.497 e. The number of ether oxygens (including phenoxy) is 4. The fraction of sp³-hybridized carbons (Fsp3) is 0.211. The lowest BCUT2D eigenvalue weighted by molar-refractivity contribution is 0.0600. The van der Waals surface area contributed by atoms with Crippen molar-refractivity contribution >= 4 is 5.97 Å². The van der Waals surface area contributed by atoms with Crippen LogP contribution in [-0.2, 0) is 11.3 Å². The number of carbonyl (C=O) groups excluding carboxylic acids is 1. The van der Waals surface area contributed by atoms with Crippen LogP contribution in [0, 0.1) is 0 Å². The molecule has 0 spiro atoms. The zero-order chi connectivity index (χ0) is 19.2. The average molecular weight is 370 g/mol. The van der Waals surface area contributed by atoms with Gasteiger partial charge in [-0.25, -0.2) is 4.79 Å². The van der Waals surface area contributed by atoms with Crippen LogP contribution in [0.3, 0.4) is 0 Å². The Bertz CT molecular complexity index is 920. The molecule has 27 heavy (non-hydrogen) atoms. The van der Waals surface area contributed by atoms with Gasteiger partial charge in [-0.2, -0.15) is 4.98 Å². The number of hydrogen-bond acceptors (Lipinski definition) is 8.